The lowest BCUT2D eigenvalue weighted by molar-refractivity contribution is 0.0695. The maximum Gasteiger partial charge on any atom is 0.341 e. The highest BCUT2D eigenvalue weighted by Gasteiger charge is 2.17. The smallest absolute Gasteiger partial charge is 0.341 e. The first kappa shape index (κ1) is 19.8. The number of aromatic carboxylic acids is 1. The number of nitrogen functional groups attached to an aromatic ring is 1. The Kier molecular flexibility index (Phi) is 5.19. The first-order chi connectivity index (χ1) is 14.9. The number of fused-ring (bicyclic) bond motifs is 1. The third-order valence-electron chi connectivity index (χ3n) is 4.69. The fraction of sp³-hybridized carbons (Fsp3) is 0. The van der Waals surface area contributed by atoms with E-state index in [2.05, 4.69) is 10.5 Å². The highest BCUT2D eigenvalue weighted by Crippen LogP contribution is 2.25. The van der Waals surface area contributed by atoms with Crippen molar-refractivity contribution in [1.29, 1.82) is 0 Å². The normalized spacial score (nSPS) is 11.1. The molecule has 0 saturated heterocycles. The summed E-state index contributed by atoms with van der Waals surface area (Å²) >= 11 is 0. The molecule has 0 aliphatic rings. The van der Waals surface area contributed by atoms with Crippen molar-refractivity contribution in [2.45, 2.75) is 0 Å². The number of nitrogens with zero attached hydrogens (tertiary/aromatic N) is 2. The molecule has 0 spiro atoms. The first-order valence-electron chi connectivity index (χ1n) is 9.26. The fourth-order valence-corrected chi connectivity index (χ4v) is 3.15. The molecule has 1 aromatic heterocycles. The Hall–Kier alpha value is -4.46. The zero-order chi connectivity index (χ0) is 22.0. The SMILES string of the molecule is Nc1ccc(-n2cc(C(=O)O)c(=O)c3cc(F)c(N/N=C/c4ccccc4)cc32)cc1. The molecular weight excluding hydrogens is 399 g/mol. The summed E-state index contributed by atoms with van der Waals surface area (Å²) in [7, 11) is 0. The van der Waals surface area contributed by atoms with Crippen molar-refractivity contribution in [3.8, 4) is 5.69 Å². The molecule has 4 N–H and O–H groups in total. The van der Waals surface area contributed by atoms with E-state index in [0.717, 1.165) is 11.6 Å². The van der Waals surface area contributed by atoms with Gasteiger partial charge in [-0.15, -0.1) is 0 Å². The molecule has 0 atom stereocenters. The van der Waals surface area contributed by atoms with Gasteiger partial charge in [0.1, 0.15) is 11.4 Å². The van der Waals surface area contributed by atoms with Crippen LogP contribution in [0.4, 0.5) is 15.8 Å². The summed E-state index contributed by atoms with van der Waals surface area (Å²) in [5.41, 5.74) is 9.40. The number of carbonyl (C=O) groups is 1. The molecule has 7 nitrogen and oxygen atoms in total. The van der Waals surface area contributed by atoms with Crippen LogP contribution in [-0.2, 0) is 0 Å². The summed E-state index contributed by atoms with van der Waals surface area (Å²) in [6, 6.07) is 18.3. The Bertz CT molecular complexity index is 1360. The van der Waals surface area contributed by atoms with Gasteiger partial charge in [-0.05, 0) is 42.0 Å². The van der Waals surface area contributed by atoms with Gasteiger partial charge in [0.15, 0.2) is 0 Å². The van der Waals surface area contributed by atoms with E-state index in [0.29, 0.717) is 16.9 Å². The predicted molar refractivity (Wildman–Crippen MR) is 119 cm³/mol. The quantitative estimate of drug-likeness (QED) is 0.260. The van der Waals surface area contributed by atoms with E-state index in [1.807, 2.05) is 30.3 Å². The summed E-state index contributed by atoms with van der Waals surface area (Å²) in [5, 5.41) is 13.4. The number of benzene rings is 3. The molecule has 0 radical (unpaired) electrons. The molecule has 154 valence electrons. The van der Waals surface area contributed by atoms with E-state index in [1.165, 1.54) is 23.0 Å². The molecule has 3 aromatic carbocycles. The number of pyridine rings is 1. The minimum absolute atomic E-state index is 0.0337. The van der Waals surface area contributed by atoms with Gasteiger partial charge in [0, 0.05) is 23.0 Å². The van der Waals surface area contributed by atoms with Crippen LogP contribution in [0.2, 0.25) is 0 Å². The Morgan fingerprint density at radius 1 is 1.10 bits per heavy atom. The molecule has 8 heteroatoms. The highest BCUT2D eigenvalue weighted by atomic mass is 19.1. The van der Waals surface area contributed by atoms with Crippen molar-refractivity contribution in [1.82, 2.24) is 4.57 Å². The molecule has 0 unspecified atom stereocenters. The second-order valence-corrected chi connectivity index (χ2v) is 6.77. The van der Waals surface area contributed by atoms with Gasteiger partial charge in [-0.25, -0.2) is 9.18 Å². The number of anilines is 2. The summed E-state index contributed by atoms with van der Waals surface area (Å²) < 4.78 is 16.2. The Morgan fingerprint density at radius 3 is 2.48 bits per heavy atom. The van der Waals surface area contributed by atoms with Crippen LogP contribution in [0.15, 0.2) is 82.8 Å². The Balaban J connectivity index is 1.86. The first-order valence-corrected chi connectivity index (χ1v) is 9.26. The van der Waals surface area contributed by atoms with Crippen LogP contribution in [0.25, 0.3) is 16.6 Å². The number of nitrogens with two attached hydrogens (primary N) is 1. The van der Waals surface area contributed by atoms with Gasteiger partial charge in [-0.3, -0.25) is 10.2 Å². The van der Waals surface area contributed by atoms with Gasteiger partial charge >= 0.3 is 5.97 Å². The van der Waals surface area contributed by atoms with Gasteiger partial charge in [-0.2, -0.15) is 5.10 Å². The van der Waals surface area contributed by atoms with Crippen molar-refractivity contribution in [2.75, 3.05) is 11.2 Å². The van der Waals surface area contributed by atoms with Gasteiger partial charge < -0.3 is 15.4 Å². The van der Waals surface area contributed by atoms with Crippen LogP contribution in [0.3, 0.4) is 0 Å². The molecular formula is C23H17FN4O3. The number of hydrogen-bond donors (Lipinski definition) is 3. The van der Waals surface area contributed by atoms with Crippen LogP contribution >= 0.6 is 0 Å². The highest BCUT2D eigenvalue weighted by molar-refractivity contribution is 5.94. The molecule has 4 rings (SSSR count). The summed E-state index contributed by atoms with van der Waals surface area (Å²) in [6.07, 6.45) is 2.75. The molecule has 31 heavy (non-hydrogen) atoms. The molecule has 0 bridgehead atoms. The molecule has 1 heterocycles. The monoisotopic (exact) mass is 416 g/mol. The molecule has 0 aliphatic carbocycles. The lowest BCUT2D eigenvalue weighted by Gasteiger charge is -2.14. The maximum atomic E-state index is 14.7. The number of aromatic nitrogens is 1. The van der Waals surface area contributed by atoms with E-state index >= 15 is 0 Å². The lowest BCUT2D eigenvalue weighted by Crippen LogP contribution is -2.18. The molecule has 0 amide bonds. The number of rotatable bonds is 5. The minimum Gasteiger partial charge on any atom is -0.477 e. The van der Waals surface area contributed by atoms with Crippen molar-refractivity contribution in [3.05, 3.63) is 100 Å². The van der Waals surface area contributed by atoms with Crippen LogP contribution in [0, 0.1) is 5.82 Å². The van der Waals surface area contributed by atoms with Crippen LogP contribution in [0.1, 0.15) is 15.9 Å². The van der Waals surface area contributed by atoms with Crippen LogP contribution in [0.5, 0.6) is 0 Å². The zero-order valence-electron chi connectivity index (χ0n) is 16.1. The number of nitrogens with one attached hydrogen (secondary N) is 1. The average molecular weight is 416 g/mol. The predicted octanol–water partition coefficient (Wildman–Crippen LogP) is 3.86. The number of hydrogen-bond acceptors (Lipinski definition) is 5. The van der Waals surface area contributed by atoms with Gasteiger partial charge in [0.25, 0.3) is 0 Å². The second-order valence-electron chi connectivity index (χ2n) is 6.77. The third kappa shape index (κ3) is 3.99. The molecule has 0 aliphatic heterocycles. The van der Waals surface area contributed by atoms with E-state index in [-0.39, 0.29) is 11.1 Å². The van der Waals surface area contributed by atoms with E-state index in [9.17, 15) is 19.1 Å². The minimum atomic E-state index is -1.40. The standard InChI is InChI=1S/C23H17FN4O3/c24-19-10-17-21(11-20(19)27-26-12-14-4-2-1-3-5-14)28(13-18(22(17)29)23(30)31)16-8-6-15(25)7-9-16/h1-13,27H,25H2,(H,30,31)/b26-12+. The van der Waals surface area contributed by atoms with Gasteiger partial charge in [0.05, 0.1) is 17.4 Å². The average Bonchev–Trinajstić information content (AvgIpc) is 2.76. The van der Waals surface area contributed by atoms with E-state index in [4.69, 9.17) is 5.73 Å². The van der Waals surface area contributed by atoms with Gasteiger partial charge in [0.2, 0.25) is 5.43 Å². The Labute approximate surface area is 175 Å². The summed E-state index contributed by atoms with van der Waals surface area (Å²) in [4.78, 5) is 24.2. The van der Waals surface area contributed by atoms with Crippen LogP contribution < -0.4 is 16.6 Å². The number of carboxylic acids is 1. The third-order valence-corrected chi connectivity index (χ3v) is 4.69. The molecule has 0 fully saturated rings. The van der Waals surface area contributed by atoms with Gasteiger partial charge in [-0.1, -0.05) is 30.3 Å². The van der Waals surface area contributed by atoms with Crippen molar-refractivity contribution in [2.24, 2.45) is 5.10 Å². The fourth-order valence-electron chi connectivity index (χ4n) is 3.15. The van der Waals surface area contributed by atoms with E-state index in [1.54, 1.807) is 24.3 Å². The van der Waals surface area contributed by atoms with Crippen molar-refractivity contribution >= 4 is 34.5 Å². The zero-order valence-corrected chi connectivity index (χ0v) is 16.1. The summed E-state index contributed by atoms with van der Waals surface area (Å²) in [5.74, 6) is -2.13. The maximum absolute atomic E-state index is 14.7. The van der Waals surface area contributed by atoms with Crippen molar-refractivity contribution < 1.29 is 14.3 Å². The van der Waals surface area contributed by atoms with Crippen molar-refractivity contribution in [3.63, 3.8) is 0 Å². The topological polar surface area (TPSA) is 110 Å². The lowest BCUT2D eigenvalue weighted by atomic mass is 10.1. The summed E-state index contributed by atoms with van der Waals surface area (Å²) in [6.45, 7) is 0. The number of hydrazone groups is 1. The molecule has 0 saturated carbocycles. The van der Waals surface area contributed by atoms with Crippen LogP contribution in [-0.4, -0.2) is 21.9 Å². The van der Waals surface area contributed by atoms with E-state index < -0.39 is 22.8 Å². The number of halogens is 1. The number of carboxylic acid groups (broad SMARTS) is 1. The Morgan fingerprint density at radius 2 is 1.81 bits per heavy atom. The molecule has 4 aromatic rings. The largest absolute Gasteiger partial charge is 0.477 e. The second kappa shape index (κ2) is 8.11.